The van der Waals surface area contributed by atoms with Gasteiger partial charge in [0.25, 0.3) is 11.8 Å². The SMILES string of the molecule is O=C1CCC(N2C(=O)c3ccc(CNCC4CNCC(C(F)(F)F)O4)cc3C2=O)C(=O)N1. The van der Waals surface area contributed by atoms with Crippen molar-refractivity contribution >= 4 is 23.6 Å². The van der Waals surface area contributed by atoms with Gasteiger partial charge in [0.15, 0.2) is 6.10 Å². The molecule has 3 N–H and O–H groups in total. The summed E-state index contributed by atoms with van der Waals surface area (Å²) in [5.74, 6) is -2.35. The average Bonchev–Trinajstić information content (AvgIpc) is 2.98. The number of hydrogen-bond acceptors (Lipinski definition) is 7. The van der Waals surface area contributed by atoms with Crippen LogP contribution in [0.4, 0.5) is 13.2 Å². The molecule has 0 radical (unpaired) electrons. The maximum absolute atomic E-state index is 12.8. The van der Waals surface area contributed by atoms with E-state index in [9.17, 15) is 32.3 Å². The highest BCUT2D eigenvalue weighted by molar-refractivity contribution is 6.23. The number of ether oxygens (including phenoxy) is 1. The van der Waals surface area contributed by atoms with Crippen LogP contribution >= 0.6 is 0 Å². The molecule has 172 valence electrons. The Morgan fingerprint density at radius 3 is 2.56 bits per heavy atom. The summed E-state index contributed by atoms with van der Waals surface area (Å²) in [6.45, 7) is 0.387. The van der Waals surface area contributed by atoms with E-state index < -0.39 is 48.1 Å². The standard InChI is InChI=1S/C20H21F3N4O5/c21-20(22,23)15-9-25-8-11(32-15)7-24-6-10-1-2-12-13(5-10)19(31)27(18(12)30)14-3-4-16(28)26-17(14)29/h1-2,5,11,14-15,24-25H,3-4,6-9H2,(H,26,28,29). The van der Waals surface area contributed by atoms with E-state index in [0.717, 1.165) is 4.90 Å². The van der Waals surface area contributed by atoms with Gasteiger partial charge in [-0.1, -0.05) is 6.07 Å². The summed E-state index contributed by atoms with van der Waals surface area (Å²) >= 11 is 0. The van der Waals surface area contributed by atoms with Crippen LogP contribution in [-0.4, -0.2) is 72.6 Å². The minimum absolute atomic E-state index is 0.0340. The zero-order valence-electron chi connectivity index (χ0n) is 16.8. The van der Waals surface area contributed by atoms with Crippen LogP contribution in [-0.2, 0) is 20.9 Å². The molecule has 0 spiro atoms. The summed E-state index contributed by atoms with van der Waals surface area (Å²) in [6, 6.07) is 3.59. The molecule has 4 rings (SSSR count). The third kappa shape index (κ3) is 4.38. The fourth-order valence-electron chi connectivity index (χ4n) is 4.02. The van der Waals surface area contributed by atoms with Crippen molar-refractivity contribution in [2.45, 2.75) is 43.8 Å². The summed E-state index contributed by atoms with van der Waals surface area (Å²) in [5.41, 5.74) is 0.953. The van der Waals surface area contributed by atoms with Crippen LogP contribution in [0, 0.1) is 0 Å². The minimum Gasteiger partial charge on any atom is -0.362 e. The third-order valence-electron chi connectivity index (χ3n) is 5.63. The molecule has 3 atom stereocenters. The summed E-state index contributed by atoms with van der Waals surface area (Å²) in [6.07, 6.45) is -6.86. The first-order valence-corrected chi connectivity index (χ1v) is 10.1. The highest BCUT2D eigenvalue weighted by atomic mass is 19.4. The van der Waals surface area contributed by atoms with Crippen LogP contribution < -0.4 is 16.0 Å². The lowest BCUT2D eigenvalue weighted by molar-refractivity contribution is -0.238. The molecule has 0 aliphatic carbocycles. The van der Waals surface area contributed by atoms with E-state index in [-0.39, 0.29) is 50.1 Å². The second-order valence-electron chi connectivity index (χ2n) is 7.90. The highest BCUT2D eigenvalue weighted by Gasteiger charge is 2.45. The van der Waals surface area contributed by atoms with Gasteiger partial charge < -0.3 is 15.4 Å². The van der Waals surface area contributed by atoms with Crippen molar-refractivity contribution in [3.05, 3.63) is 34.9 Å². The monoisotopic (exact) mass is 454 g/mol. The van der Waals surface area contributed by atoms with Gasteiger partial charge >= 0.3 is 6.18 Å². The number of amides is 4. The Kier molecular flexibility index (Phi) is 6.01. The largest absolute Gasteiger partial charge is 0.415 e. The Morgan fingerprint density at radius 1 is 1.09 bits per heavy atom. The number of fused-ring (bicyclic) bond motifs is 1. The predicted octanol–water partition coefficient (Wildman–Crippen LogP) is 0.0967. The molecule has 0 aromatic heterocycles. The van der Waals surface area contributed by atoms with Crippen LogP contribution in [0.1, 0.15) is 39.1 Å². The van der Waals surface area contributed by atoms with Crippen molar-refractivity contribution in [3.63, 3.8) is 0 Å². The molecule has 1 aromatic rings. The fraction of sp³-hybridized carbons (Fsp3) is 0.500. The van der Waals surface area contributed by atoms with Crippen molar-refractivity contribution in [1.29, 1.82) is 0 Å². The molecule has 1 aromatic carbocycles. The number of morpholine rings is 1. The fourth-order valence-corrected chi connectivity index (χ4v) is 4.02. The molecule has 32 heavy (non-hydrogen) atoms. The van der Waals surface area contributed by atoms with E-state index in [1.165, 1.54) is 12.1 Å². The number of piperidine rings is 1. The lowest BCUT2D eigenvalue weighted by atomic mass is 10.0. The second kappa shape index (κ2) is 8.60. The molecule has 4 amide bonds. The van der Waals surface area contributed by atoms with Crippen molar-refractivity contribution in [3.8, 4) is 0 Å². The molecule has 9 nitrogen and oxygen atoms in total. The first-order chi connectivity index (χ1) is 15.1. The Bertz CT molecular complexity index is 967. The van der Waals surface area contributed by atoms with Crippen molar-refractivity contribution in [1.82, 2.24) is 20.9 Å². The Balaban J connectivity index is 1.38. The summed E-state index contributed by atoms with van der Waals surface area (Å²) in [7, 11) is 0. The molecule has 2 fully saturated rings. The van der Waals surface area contributed by atoms with Gasteiger partial charge in [0.2, 0.25) is 11.8 Å². The molecule has 12 heteroatoms. The van der Waals surface area contributed by atoms with E-state index >= 15 is 0 Å². The number of hydrogen-bond donors (Lipinski definition) is 3. The van der Waals surface area contributed by atoms with Crippen LogP contribution in [0.2, 0.25) is 0 Å². The number of alkyl halides is 3. The van der Waals surface area contributed by atoms with Gasteiger partial charge in [-0.25, -0.2) is 0 Å². The Morgan fingerprint density at radius 2 is 1.84 bits per heavy atom. The van der Waals surface area contributed by atoms with Crippen LogP contribution in [0.25, 0.3) is 0 Å². The van der Waals surface area contributed by atoms with E-state index in [0.29, 0.717) is 5.56 Å². The summed E-state index contributed by atoms with van der Waals surface area (Å²) in [4.78, 5) is 49.8. The van der Waals surface area contributed by atoms with Crippen LogP contribution in [0.3, 0.4) is 0 Å². The number of nitrogens with zero attached hydrogens (tertiary/aromatic N) is 1. The van der Waals surface area contributed by atoms with Gasteiger partial charge in [0, 0.05) is 32.6 Å². The first kappa shape index (κ1) is 22.4. The number of imide groups is 2. The minimum atomic E-state index is -4.44. The van der Waals surface area contributed by atoms with Gasteiger partial charge in [0.05, 0.1) is 17.2 Å². The molecular formula is C20H21F3N4O5. The molecule has 0 saturated carbocycles. The van der Waals surface area contributed by atoms with Crippen molar-refractivity contribution in [2.24, 2.45) is 0 Å². The first-order valence-electron chi connectivity index (χ1n) is 10.1. The molecule has 3 aliphatic rings. The number of halogens is 3. The average molecular weight is 454 g/mol. The predicted molar refractivity (Wildman–Crippen MR) is 102 cm³/mol. The summed E-state index contributed by atoms with van der Waals surface area (Å²) < 4.78 is 43.5. The van der Waals surface area contributed by atoms with E-state index in [4.69, 9.17) is 4.74 Å². The van der Waals surface area contributed by atoms with Gasteiger partial charge in [-0.2, -0.15) is 13.2 Å². The lowest BCUT2D eigenvalue weighted by Gasteiger charge is -2.32. The number of carbonyl (C=O) groups excluding carboxylic acids is 4. The third-order valence-corrected chi connectivity index (χ3v) is 5.63. The van der Waals surface area contributed by atoms with E-state index in [2.05, 4.69) is 16.0 Å². The smallest absolute Gasteiger partial charge is 0.362 e. The van der Waals surface area contributed by atoms with E-state index in [1.807, 2.05) is 0 Å². The van der Waals surface area contributed by atoms with E-state index in [1.54, 1.807) is 6.07 Å². The van der Waals surface area contributed by atoms with Gasteiger partial charge in [-0.05, 0) is 24.1 Å². The summed E-state index contributed by atoms with van der Waals surface area (Å²) in [5, 5.41) is 7.84. The zero-order valence-corrected chi connectivity index (χ0v) is 16.8. The highest BCUT2D eigenvalue weighted by Crippen LogP contribution is 2.28. The van der Waals surface area contributed by atoms with Crippen LogP contribution in [0.15, 0.2) is 18.2 Å². The van der Waals surface area contributed by atoms with Gasteiger partial charge in [0.1, 0.15) is 6.04 Å². The molecular weight excluding hydrogens is 433 g/mol. The topological polar surface area (TPSA) is 117 Å². The Hall–Kier alpha value is -2.83. The molecule has 0 bridgehead atoms. The molecule has 3 aliphatic heterocycles. The number of benzene rings is 1. The molecule has 3 heterocycles. The second-order valence-corrected chi connectivity index (χ2v) is 7.90. The van der Waals surface area contributed by atoms with Gasteiger partial charge in [-0.3, -0.25) is 29.4 Å². The maximum Gasteiger partial charge on any atom is 0.415 e. The number of nitrogens with one attached hydrogen (secondary N) is 3. The van der Waals surface area contributed by atoms with Crippen molar-refractivity contribution < 1.29 is 37.1 Å². The quantitative estimate of drug-likeness (QED) is 0.541. The molecule has 2 saturated heterocycles. The maximum atomic E-state index is 12.8. The normalized spacial score (nSPS) is 26.3. The van der Waals surface area contributed by atoms with Gasteiger partial charge in [-0.15, -0.1) is 0 Å². The van der Waals surface area contributed by atoms with Crippen molar-refractivity contribution in [2.75, 3.05) is 19.6 Å². The number of rotatable bonds is 5. The number of carbonyl (C=O) groups is 4. The zero-order chi connectivity index (χ0) is 23.0. The molecule has 3 unspecified atom stereocenters. The Labute approximate surface area is 180 Å². The lowest BCUT2D eigenvalue weighted by Crippen LogP contribution is -2.54. The van der Waals surface area contributed by atoms with Crippen LogP contribution in [0.5, 0.6) is 0 Å².